The number of amides is 1. The fraction of sp³-hybridized carbons (Fsp3) is 0.357. The summed E-state index contributed by atoms with van der Waals surface area (Å²) in [4.78, 5) is 13.7. The van der Waals surface area contributed by atoms with Crippen molar-refractivity contribution < 1.29 is 4.79 Å². The molecule has 3 nitrogen and oxygen atoms in total. The minimum absolute atomic E-state index is 0.00168. The van der Waals surface area contributed by atoms with Gasteiger partial charge >= 0.3 is 0 Å². The van der Waals surface area contributed by atoms with Crippen LogP contribution in [0.3, 0.4) is 0 Å². The van der Waals surface area contributed by atoms with E-state index in [1.807, 2.05) is 26.0 Å². The van der Waals surface area contributed by atoms with Crippen LogP contribution in [0, 0.1) is 32.1 Å². The van der Waals surface area contributed by atoms with Crippen LogP contribution in [0.2, 0.25) is 0 Å². The first kappa shape index (κ1) is 11.5. The first-order valence-corrected chi connectivity index (χ1v) is 5.66. The Labute approximate surface area is 102 Å². The van der Waals surface area contributed by atoms with Gasteiger partial charge in [-0.2, -0.15) is 0 Å². The van der Waals surface area contributed by atoms with Gasteiger partial charge in [-0.05, 0) is 31.0 Å². The van der Waals surface area contributed by atoms with Crippen molar-refractivity contribution in [2.24, 2.45) is 5.92 Å². The topological polar surface area (TPSA) is 46.3 Å². The molecule has 1 aliphatic heterocycles. The van der Waals surface area contributed by atoms with Gasteiger partial charge in [0, 0.05) is 18.9 Å². The number of aryl methyl sites for hydroxylation is 1. The third-order valence-corrected chi connectivity index (χ3v) is 3.36. The average molecular weight is 228 g/mol. The number of carbonyl (C=O) groups excluding carboxylic acids is 1. The van der Waals surface area contributed by atoms with E-state index in [1.54, 1.807) is 4.90 Å². The van der Waals surface area contributed by atoms with Gasteiger partial charge in [0.2, 0.25) is 5.91 Å². The van der Waals surface area contributed by atoms with Crippen molar-refractivity contribution in [2.45, 2.75) is 20.3 Å². The maximum absolute atomic E-state index is 11.9. The molecule has 1 amide bonds. The van der Waals surface area contributed by atoms with Crippen molar-refractivity contribution in [1.82, 2.24) is 0 Å². The summed E-state index contributed by atoms with van der Waals surface area (Å²) in [6, 6.07) is 3.81. The first-order valence-electron chi connectivity index (χ1n) is 5.66. The Morgan fingerprint density at radius 3 is 2.76 bits per heavy atom. The number of rotatable bonds is 1. The van der Waals surface area contributed by atoms with E-state index in [0.717, 1.165) is 16.8 Å². The maximum atomic E-state index is 11.9. The van der Waals surface area contributed by atoms with Crippen molar-refractivity contribution in [3.63, 3.8) is 0 Å². The van der Waals surface area contributed by atoms with Crippen molar-refractivity contribution in [3.8, 4) is 12.3 Å². The van der Waals surface area contributed by atoms with Gasteiger partial charge in [0.05, 0.1) is 11.4 Å². The number of nitrogens with zero attached hydrogens (tertiary/aromatic N) is 1. The largest absolute Gasteiger partial charge is 0.397 e. The molecule has 0 bridgehead atoms. The van der Waals surface area contributed by atoms with E-state index in [-0.39, 0.29) is 11.8 Å². The van der Waals surface area contributed by atoms with Crippen LogP contribution in [-0.2, 0) is 4.79 Å². The molecular weight excluding hydrogens is 212 g/mol. The first-order chi connectivity index (χ1) is 8.04. The fourth-order valence-electron chi connectivity index (χ4n) is 2.22. The van der Waals surface area contributed by atoms with Crippen LogP contribution in [0.1, 0.15) is 17.5 Å². The second-order valence-electron chi connectivity index (χ2n) is 4.52. The van der Waals surface area contributed by atoms with Crippen LogP contribution < -0.4 is 10.6 Å². The SMILES string of the molecule is C#CC1CC(=O)N(c2c(N)ccc(C)c2C)C1. The Morgan fingerprint density at radius 2 is 2.18 bits per heavy atom. The number of nitrogens with two attached hydrogens (primary N) is 1. The van der Waals surface area contributed by atoms with Gasteiger partial charge < -0.3 is 10.6 Å². The standard InChI is InChI=1S/C14H16N2O/c1-4-11-7-13(17)16(8-11)14-10(3)9(2)5-6-12(14)15/h1,5-6,11H,7-8,15H2,2-3H3. The molecule has 2 N–H and O–H groups in total. The lowest BCUT2D eigenvalue weighted by atomic mass is 10.1. The van der Waals surface area contributed by atoms with Crippen LogP contribution in [0.5, 0.6) is 0 Å². The summed E-state index contributed by atoms with van der Waals surface area (Å²) in [7, 11) is 0. The summed E-state index contributed by atoms with van der Waals surface area (Å²) in [5, 5.41) is 0. The second-order valence-corrected chi connectivity index (χ2v) is 4.52. The van der Waals surface area contributed by atoms with E-state index in [2.05, 4.69) is 5.92 Å². The zero-order chi connectivity index (χ0) is 12.6. The molecule has 3 heteroatoms. The van der Waals surface area contributed by atoms with Crippen LogP contribution in [0.15, 0.2) is 12.1 Å². The van der Waals surface area contributed by atoms with Crippen molar-refractivity contribution in [1.29, 1.82) is 0 Å². The molecule has 0 saturated carbocycles. The monoisotopic (exact) mass is 228 g/mol. The number of hydrogen-bond acceptors (Lipinski definition) is 2. The van der Waals surface area contributed by atoms with Crippen molar-refractivity contribution >= 4 is 17.3 Å². The molecule has 1 heterocycles. The number of benzene rings is 1. The third-order valence-electron chi connectivity index (χ3n) is 3.36. The highest BCUT2D eigenvalue weighted by molar-refractivity contribution is 5.99. The van der Waals surface area contributed by atoms with Crippen LogP contribution in [0.4, 0.5) is 11.4 Å². The van der Waals surface area contributed by atoms with E-state index in [9.17, 15) is 4.79 Å². The minimum Gasteiger partial charge on any atom is -0.397 e. The molecule has 1 aliphatic rings. The molecule has 88 valence electrons. The number of nitrogen functional groups attached to an aromatic ring is 1. The Balaban J connectivity index is 2.45. The van der Waals surface area contributed by atoms with Crippen LogP contribution >= 0.6 is 0 Å². The summed E-state index contributed by atoms with van der Waals surface area (Å²) < 4.78 is 0. The lowest BCUT2D eigenvalue weighted by Crippen LogP contribution is -2.26. The summed E-state index contributed by atoms with van der Waals surface area (Å²) in [6.45, 7) is 4.57. The predicted molar refractivity (Wildman–Crippen MR) is 69.6 cm³/mol. The van der Waals surface area contributed by atoms with E-state index in [1.165, 1.54) is 0 Å². The molecule has 1 fully saturated rings. The Bertz CT molecular complexity index is 514. The zero-order valence-corrected chi connectivity index (χ0v) is 10.2. The molecule has 1 aromatic carbocycles. The van der Waals surface area contributed by atoms with Crippen molar-refractivity contribution in [2.75, 3.05) is 17.2 Å². The molecule has 1 atom stereocenters. The Morgan fingerprint density at radius 1 is 1.47 bits per heavy atom. The highest BCUT2D eigenvalue weighted by Gasteiger charge is 2.31. The molecule has 1 saturated heterocycles. The highest BCUT2D eigenvalue weighted by atomic mass is 16.2. The predicted octanol–water partition coefficient (Wildman–Crippen LogP) is 1.87. The molecule has 0 aromatic heterocycles. The van der Waals surface area contributed by atoms with Gasteiger partial charge in [0.15, 0.2) is 0 Å². The van der Waals surface area contributed by atoms with E-state index in [4.69, 9.17) is 12.2 Å². The summed E-state index contributed by atoms with van der Waals surface area (Å²) in [5.41, 5.74) is 9.62. The fourth-order valence-corrected chi connectivity index (χ4v) is 2.22. The quantitative estimate of drug-likeness (QED) is 0.589. The second kappa shape index (κ2) is 4.14. The number of terminal acetylenes is 1. The van der Waals surface area contributed by atoms with Gasteiger partial charge in [-0.1, -0.05) is 6.07 Å². The van der Waals surface area contributed by atoms with Crippen LogP contribution in [0.25, 0.3) is 0 Å². The van der Waals surface area contributed by atoms with Gasteiger partial charge in [0.1, 0.15) is 0 Å². The van der Waals surface area contributed by atoms with Gasteiger partial charge in [0.25, 0.3) is 0 Å². The molecule has 0 radical (unpaired) electrons. The molecule has 1 unspecified atom stereocenters. The molecule has 17 heavy (non-hydrogen) atoms. The van der Waals surface area contributed by atoms with E-state index >= 15 is 0 Å². The van der Waals surface area contributed by atoms with Crippen LogP contribution in [-0.4, -0.2) is 12.5 Å². The lowest BCUT2D eigenvalue weighted by molar-refractivity contribution is -0.117. The highest BCUT2D eigenvalue weighted by Crippen LogP contribution is 2.34. The van der Waals surface area contributed by atoms with Crippen molar-refractivity contribution in [3.05, 3.63) is 23.3 Å². The molecular formula is C14H16N2O. The summed E-state index contributed by atoms with van der Waals surface area (Å²) >= 11 is 0. The molecule has 1 aromatic rings. The minimum atomic E-state index is 0.00168. The van der Waals surface area contributed by atoms with Gasteiger partial charge in [-0.25, -0.2) is 0 Å². The number of anilines is 2. The zero-order valence-electron chi connectivity index (χ0n) is 10.2. The summed E-state index contributed by atoms with van der Waals surface area (Å²) in [6.07, 6.45) is 5.80. The lowest BCUT2D eigenvalue weighted by Gasteiger charge is -2.21. The molecule has 2 rings (SSSR count). The van der Waals surface area contributed by atoms with Gasteiger partial charge in [-0.15, -0.1) is 12.3 Å². The number of carbonyl (C=O) groups is 1. The van der Waals surface area contributed by atoms with Gasteiger partial charge in [-0.3, -0.25) is 4.79 Å². The van der Waals surface area contributed by atoms with E-state index < -0.39 is 0 Å². The maximum Gasteiger partial charge on any atom is 0.228 e. The molecule has 0 spiro atoms. The normalized spacial score (nSPS) is 19.5. The van der Waals surface area contributed by atoms with E-state index in [0.29, 0.717) is 18.7 Å². The Hall–Kier alpha value is -1.95. The smallest absolute Gasteiger partial charge is 0.228 e. The summed E-state index contributed by atoms with van der Waals surface area (Å²) in [5.74, 6) is 2.71. The third kappa shape index (κ3) is 1.87. The molecule has 0 aliphatic carbocycles. The average Bonchev–Trinajstić information content (AvgIpc) is 2.66. The Kier molecular flexibility index (Phi) is 2.81. The number of hydrogen-bond donors (Lipinski definition) is 1.